The minimum atomic E-state index is -3.29. The fourth-order valence-electron chi connectivity index (χ4n) is 3.53. The first-order valence-corrected chi connectivity index (χ1v) is 11.8. The Morgan fingerprint density at radius 3 is 2.50 bits per heavy atom. The minimum absolute atomic E-state index is 0.0338. The van der Waals surface area contributed by atoms with Gasteiger partial charge in [-0.1, -0.05) is 0 Å². The maximum absolute atomic E-state index is 12.6. The largest absolute Gasteiger partial charge is 0.474 e. The van der Waals surface area contributed by atoms with Crippen LogP contribution in [0.25, 0.3) is 0 Å². The topological polar surface area (TPSA) is 97.6 Å². The van der Waals surface area contributed by atoms with E-state index in [0.717, 1.165) is 19.4 Å². The standard InChI is InChI=1S/C20H27N5O4S/c1-3-25-13-10-18(22-25)20(26)24-11-8-16(9-12-24)29-19-7-4-15(14-21-19)23(2)30(27,28)17-5-6-17/h4,7,10,13-14,16-17H,3,5-6,8-9,11-12H2,1-2H3. The Morgan fingerprint density at radius 1 is 1.20 bits per heavy atom. The Kier molecular flexibility index (Phi) is 5.68. The van der Waals surface area contributed by atoms with Crippen LogP contribution in [0.4, 0.5) is 5.69 Å². The highest BCUT2D eigenvalue weighted by Crippen LogP contribution is 2.32. The van der Waals surface area contributed by atoms with Crippen molar-refractivity contribution in [1.82, 2.24) is 19.7 Å². The average Bonchev–Trinajstić information content (AvgIpc) is 3.52. The maximum Gasteiger partial charge on any atom is 0.274 e. The molecule has 9 nitrogen and oxygen atoms in total. The van der Waals surface area contributed by atoms with Crippen LogP contribution in [0.2, 0.25) is 0 Å². The average molecular weight is 434 g/mol. The Labute approximate surface area is 176 Å². The van der Waals surface area contributed by atoms with E-state index >= 15 is 0 Å². The molecule has 2 fully saturated rings. The van der Waals surface area contributed by atoms with Crippen LogP contribution in [0, 0.1) is 0 Å². The van der Waals surface area contributed by atoms with Gasteiger partial charge in [-0.25, -0.2) is 13.4 Å². The molecule has 1 aliphatic carbocycles. The van der Waals surface area contributed by atoms with Crippen molar-refractivity contribution in [3.63, 3.8) is 0 Å². The normalized spacial score (nSPS) is 17.7. The Morgan fingerprint density at radius 2 is 1.93 bits per heavy atom. The summed E-state index contributed by atoms with van der Waals surface area (Å²) in [7, 11) is -1.73. The third kappa shape index (κ3) is 4.28. The number of anilines is 1. The molecular formula is C20H27N5O4S. The smallest absolute Gasteiger partial charge is 0.274 e. The molecule has 0 unspecified atom stereocenters. The van der Waals surface area contributed by atoms with Gasteiger partial charge < -0.3 is 9.64 Å². The molecule has 162 valence electrons. The summed E-state index contributed by atoms with van der Waals surface area (Å²) in [5.74, 6) is 0.408. The summed E-state index contributed by atoms with van der Waals surface area (Å²) in [5.41, 5.74) is 1.000. The van der Waals surface area contributed by atoms with Crippen molar-refractivity contribution in [2.45, 2.75) is 50.5 Å². The number of likely N-dealkylation sites (tertiary alicyclic amines) is 1. The van der Waals surface area contributed by atoms with E-state index in [9.17, 15) is 13.2 Å². The zero-order valence-corrected chi connectivity index (χ0v) is 18.1. The lowest BCUT2D eigenvalue weighted by Crippen LogP contribution is -2.42. The molecular weight excluding hydrogens is 406 g/mol. The van der Waals surface area contributed by atoms with E-state index < -0.39 is 10.0 Å². The van der Waals surface area contributed by atoms with E-state index in [1.807, 2.05) is 13.1 Å². The number of ether oxygens (including phenoxy) is 1. The van der Waals surface area contributed by atoms with E-state index in [1.165, 1.54) is 10.5 Å². The molecule has 0 radical (unpaired) electrons. The summed E-state index contributed by atoms with van der Waals surface area (Å²) in [4.78, 5) is 18.7. The van der Waals surface area contributed by atoms with Crippen molar-refractivity contribution < 1.29 is 17.9 Å². The van der Waals surface area contributed by atoms with Crippen LogP contribution in [0.1, 0.15) is 43.1 Å². The van der Waals surface area contributed by atoms with Crippen molar-refractivity contribution in [3.05, 3.63) is 36.3 Å². The molecule has 10 heteroatoms. The van der Waals surface area contributed by atoms with Gasteiger partial charge >= 0.3 is 0 Å². The van der Waals surface area contributed by atoms with Gasteiger partial charge in [0.2, 0.25) is 15.9 Å². The number of amides is 1. The van der Waals surface area contributed by atoms with E-state index in [-0.39, 0.29) is 17.3 Å². The number of rotatable bonds is 7. The second kappa shape index (κ2) is 8.25. The molecule has 3 heterocycles. The fraction of sp³-hybridized carbons (Fsp3) is 0.550. The molecule has 2 aromatic rings. The zero-order valence-electron chi connectivity index (χ0n) is 17.3. The highest BCUT2D eigenvalue weighted by Gasteiger charge is 2.39. The number of hydrogen-bond donors (Lipinski definition) is 0. The van der Waals surface area contributed by atoms with Crippen molar-refractivity contribution in [3.8, 4) is 5.88 Å². The summed E-state index contributed by atoms with van der Waals surface area (Å²) in [6.45, 7) is 3.91. The number of carbonyl (C=O) groups excluding carboxylic acids is 1. The van der Waals surface area contributed by atoms with Crippen molar-refractivity contribution in [2.24, 2.45) is 0 Å². The zero-order chi connectivity index (χ0) is 21.3. The van der Waals surface area contributed by atoms with Crippen molar-refractivity contribution >= 4 is 21.6 Å². The summed E-state index contributed by atoms with van der Waals surface area (Å²) >= 11 is 0. The third-order valence-electron chi connectivity index (χ3n) is 5.61. The molecule has 4 rings (SSSR count). The molecule has 1 saturated carbocycles. The SMILES string of the molecule is CCn1ccc(C(=O)N2CCC(Oc3ccc(N(C)S(=O)(=O)C4CC4)cn3)CC2)n1. The van der Waals surface area contributed by atoms with E-state index in [0.29, 0.717) is 43.2 Å². The second-order valence-corrected chi connectivity index (χ2v) is 9.98. The molecule has 1 amide bonds. The van der Waals surface area contributed by atoms with Crippen LogP contribution in [0.3, 0.4) is 0 Å². The molecule has 2 aromatic heterocycles. The van der Waals surface area contributed by atoms with Crippen molar-refractivity contribution in [2.75, 3.05) is 24.4 Å². The predicted molar refractivity (Wildman–Crippen MR) is 112 cm³/mol. The number of aryl methyl sites for hydroxylation is 1. The van der Waals surface area contributed by atoms with Gasteiger partial charge in [0.25, 0.3) is 5.91 Å². The lowest BCUT2D eigenvalue weighted by atomic mass is 10.1. The summed E-state index contributed by atoms with van der Waals surface area (Å²) in [6, 6.07) is 5.16. The summed E-state index contributed by atoms with van der Waals surface area (Å²) < 4.78 is 33.7. The molecule has 0 atom stereocenters. The Bertz CT molecular complexity index is 992. The molecule has 0 N–H and O–H groups in total. The molecule has 30 heavy (non-hydrogen) atoms. The van der Waals surface area contributed by atoms with Gasteiger partial charge in [-0.2, -0.15) is 5.10 Å². The van der Waals surface area contributed by atoms with Gasteiger partial charge in [0.1, 0.15) is 11.8 Å². The lowest BCUT2D eigenvalue weighted by molar-refractivity contribution is 0.0582. The first-order chi connectivity index (χ1) is 14.4. The van der Waals surface area contributed by atoms with E-state index in [1.54, 1.807) is 34.8 Å². The summed E-state index contributed by atoms with van der Waals surface area (Å²) in [5, 5.41) is 4.02. The van der Waals surface area contributed by atoms with Crippen LogP contribution in [0.5, 0.6) is 5.88 Å². The highest BCUT2D eigenvalue weighted by atomic mass is 32.2. The molecule has 2 aliphatic rings. The number of pyridine rings is 1. The third-order valence-corrected chi connectivity index (χ3v) is 7.90. The van der Waals surface area contributed by atoms with Crippen LogP contribution in [0.15, 0.2) is 30.6 Å². The molecule has 0 aromatic carbocycles. The van der Waals surface area contributed by atoms with Gasteiger partial charge in [0.05, 0.1) is 17.1 Å². The van der Waals surface area contributed by atoms with E-state index in [4.69, 9.17) is 4.74 Å². The highest BCUT2D eigenvalue weighted by molar-refractivity contribution is 7.93. The molecule has 1 aliphatic heterocycles. The summed E-state index contributed by atoms with van der Waals surface area (Å²) in [6.07, 6.45) is 6.17. The van der Waals surface area contributed by atoms with Crippen molar-refractivity contribution in [1.29, 1.82) is 0 Å². The van der Waals surface area contributed by atoms with Gasteiger partial charge in [0.15, 0.2) is 0 Å². The van der Waals surface area contributed by atoms with Gasteiger partial charge in [-0.15, -0.1) is 0 Å². The number of piperidine rings is 1. The quantitative estimate of drug-likeness (QED) is 0.662. The second-order valence-electron chi connectivity index (χ2n) is 7.73. The lowest BCUT2D eigenvalue weighted by Gasteiger charge is -2.31. The van der Waals surface area contributed by atoms with Gasteiger partial charge in [-0.3, -0.25) is 13.8 Å². The number of aromatic nitrogens is 3. The van der Waals surface area contributed by atoms with Crippen LogP contribution in [-0.4, -0.2) is 65.5 Å². The minimum Gasteiger partial charge on any atom is -0.474 e. The van der Waals surface area contributed by atoms with E-state index in [2.05, 4.69) is 10.1 Å². The molecule has 0 spiro atoms. The number of sulfonamides is 1. The monoisotopic (exact) mass is 433 g/mol. The molecule has 0 bridgehead atoms. The van der Waals surface area contributed by atoms with Gasteiger partial charge in [-0.05, 0) is 31.9 Å². The fourth-order valence-corrected chi connectivity index (χ4v) is 5.11. The maximum atomic E-state index is 12.6. The van der Waals surface area contributed by atoms with Crippen LogP contribution < -0.4 is 9.04 Å². The number of carbonyl (C=O) groups is 1. The number of nitrogens with zero attached hydrogens (tertiary/aromatic N) is 5. The number of hydrogen-bond acceptors (Lipinski definition) is 6. The predicted octanol–water partition coefficient (Wildman–Crippen LogP) is 1.91. The van der Waals surface area contributed by atoms with Crippen LogP contribution >= 0.6 is 0 Å². The first kappa shape index (κ1) is 20.6. The first-order valence-electron chi connectivity index (χ1n) is 10.3. The van der Waals surface area contributed by atoms with Gasteiger partial charge in [0, 0.05) is 51.8 Å². The molecule has 1 saturated heterocycles. The Balaban J connectivity index is 1.30. The van der Waals surface area contributed by atoms with Crippen LogP contribution in [-0.2, 0) is 16.6 Å². The Hall–Kier alpha value is -2.62.